The van der Waals surface area contributed by atoms with E-state index in [4.69, 9.17) is 9.47 Å². The molecule has 6 nitrogen and oxygen atoms in total. The molecule has 1 aromatic carbocycles. The van der Waals surface area contributed by atoms with Crippen LogP contribution in [0.3, 0.4) is 0 Å². The van der Waals surface area contributed by atoms with Crippen molar-refractivity contribution in [2.75, 3.05) is 32.8 Å². The predicted octanol–water partition coefficient (Wildman–Crippen LogP) is 6.55. The first-order valence-corrected chi connectivity index (χ1v) is 15.3. The van der Waals surface area contributed by atoms with Gasteiger partial charge < -0.3 is 24.8 Å². The van der Waals surface area contributed by atoms with Crippen LogP contribution in [-0.2, 0) is 4.79 Å². The van der Waals surface area contributed by atoms with Crippen LogP contribution in [0.4, 0.5) is 0 Å². The van der Waals surface area contributed by atoms with Crippen molar-refractivity contribution in [3.05, 3.63) is 23.8 Å². The van der Waals surface area contributed by atoms with Gasteiger partial charge in [0.05, 0.1) is 6.04 Å². The van der Waals surface area contributed by atoms with Crippen molar-refractivity contribution >= 4 is 5.91 Å². The number of nitrogens with zero attached hydrogens (tertiary/aromatic N) is 1. The van der Waals surface area contributed by atoms with Crippen LogP contribution in [0.5, 0.6) is 11.5 Å². The second kappa shape index (κ2) is 17.7. The highest BCUT2D eigenvalue weighted by Gasteiger charge is 2.27. The normalized spacial score (nSPS) is 17.0. The summed E-state index contributed by atoms with van der Waals surface area (Å²) in [5, 5.41) is 14.4. The Morgan fingerprint density at radius 2 is 1.43 bits per heavy atom. The molecule has 0 aliphatic carbocycles. The Morgan fingerprint density at radius 1 is 0.865 bits per heavy atom. The maximum Gasteiger partial charge on any atom is 0.220 e. The molecule has 1 fully saturated rings. The van der Waals surface area contributed by atoms with Gasteiger partial charge in [0.1, 0.15) is 19.3 Å². The molecular weight excluding hydrogens is 464 g/mol. The van der Waals surface area contributed by atoms with Crippen LogP contribution >= 0.6 is 0 Å². The highest BCUT2D eigenvalue weighted by Crippen LogP contribution is 2.33. The fourth-order valence-electron chi connectivity index (χ4n) is 5.53. The van der Waals surface area contributed by atoms with Crippen LogP contribution in [0.25, 0.3) is 0 Å². The number of benzene rings is 1. The molecule has 37 heavy (non-hydrogen) atoms. The monoisotopic (exact) mass is 516 g/mol. The smallest absolute Gasteiger partial charge is 0.220 e. The molecule has 2 N–H and O–H groups in total. The van der Waals surface area contributed by atoms with Crippen LogP contribution in [0, 0.1) is 0 Å². The second-order valence-corrected chi connectivity index (χ2v) is 11.0. The number of fused-ring (bicyclic) bond motifs is 1. The van der Waals surface area contributed by atoms with Gasteiger partial charge in [-0.25, -0.2) is 0 Å². The Balaban J connectivity index is 1.34. The summed E-state index contributed by atoms with van der Waals surface area (Å²) in [6.45, 7) is 6.05. The van der Waals surface area contributed by atoms with Gasteiger partial charge in [-0.15, -0.1) is 0 Å². The highest BCUT2D eigenvalue weighted by atomic mass is 16.6. The lowest BCUT2D eigenvalue weighted by Crippen LogP contribution is -2.46. The van der Waals surface area contributed by atoms with E-state index in [0.29, 0.717) is 37.7 Å². The molecule has 2 aliphatic rings. The lowest BCUT2D eigenvalue weighted by molar-refractivity contribution is -0.123. The van der Waals surface area contributed by atoms with Crippen molar-refractivity contribution in [2.24, 2.45) is 0 Å². The van der Waals surface area contributed by atoms with Crippen molar-refractivity contribution in [3.63, 3.8) is 0 Å². The summed E-state index contributed by atoms with van der Waals surface area (Å²) in [5.41, 5.74) is 0.759. The molecule has 1 saturated heterocycles. The Morgan fingerprint density at radius 3 is 2.05 bits per heavy atom. The third kappa shape index (κ3) is 11.2. The van der Waals surface area contributed by atoms with Crippen LogP contribution in [0.15, 0.2) is 18.2 Å². The number of unbranched alkanes of at least 4 members (excludes halogenated alkanes) is 12. The molecule has 0 spiro atoms. The van der Waals surface area contributed by atoms with Gasteiger partial charge in [-0.2, -0.15) is 0 Å². The van der Waals surface area contributed by atoms with E-state index in [1.807, 2.05) is 18.2 Å². The number of rotatable bonds is 19. The summed E-state index contributed by atoms with van der Waals surface area (Å²) in [7, 11) is 0. The van der Waals surface area contributed by atoms with Crippen molar-refractivity contribution in [2.45, 2.75) is 122 Å². The molecule has 0 saturated carbocycles. The topological polar surface area (TPSA) is 71.0 Å². The molecule has 3 rings (SSSR count). The summed E-state index contributed by atoms with van der Waals surface area (Å²) in [4.78, 5) is 15.2. The largest absolute Gasteiger partial charge is 0.486 e. The van der Waals surface area contributed by atoms with Gasteiger partial charge in [0.25, 0.3) is 0 Å². The van der Waals surface area contributed by atoms with E-state index in [1.54, 1.807) is 0 Å². The number of ether oxygens (including phenoxy) is 2. The van der Waals surface area contributed by atoms with Crippen molar-refractivity contribution in [1.82, 2.24) is 10.2 Å². The number of hydrogen-bond donors (Lipinski definition) is 2. The lowest BCUT2D eigenvalue weighted by Gasteiger charge is -2.29. The van der Waals surface area contributed by atoms with Gasteiger partial charge in [-0.3, -0.25) is 4.79 Å². The Kier molecular flexibility index (Phi) is 14.2. The fraction of sp³-hybridized carbons (Fsp3) is 0.774. The summed E-state index contributed by atoms with van der Waals surface area (Å²) in [5.74, 6) is 1.43. The minimum absolute atomic E-state index is 0.0452. The number of aliphatic hydroxyl groups is 1. The second-order valence-electron chi connectivity index (χ2n) is 11.0. The zero-order valence-electron chi connectivity index (χ0n) is 23.4. The molecule has 6 heteroatoms. The van der Waals surface area contributed by atoms with E-state index in [0.717, 1.165) is 31.5 Å². The molecule has 1 amide bonds. The number of hydrogen-bond acceptors (Lipinski definition) is 5. The average molecular weight is 517 g/mol. The maximum atomic E-state index is 12.8. The van der Waals surface area contributed by atoms with Crippen molar-refractivity contribution in [3.8, 4) is 11.5 Å². The van der Waals surface area contributed by atoms with Crippen LogP contribution in [0.2, 0.25) is 0 Å². The molecule has 0 aromatic heterocycles. The van der Waals surface area contributed by atoms with E-state index in [-0.39, 0.29) is 11.9 Å². The molecule has 210 valence electrons. The Hall–Kier alpha value is -1.79. The van der Waals surface area contributed by atoms with Crippen LogP contribution in [-0.4, -0.2) is 54.8 Å². The van der Waals surface area contributed by atoms with E-state index < -0.39 is 6.10 Å². The SMILES string of the molecule is CCCCCCCCCCCCCCCC(=O)N[C@H](CN1CCCC1)[C@@H](O)c1ccc2c(c1)OCCO2. The first-order valence-electron chi connectivity index (χ1n) is 15.3. The van der Waals surface area contributed by atoms with Gasteiger partial charge >= 0.3 is 0 Å². The molecule has 0 bridgehead atoms. The standard InChI is InChI=1S/C31H52N2O4/c1-2-3-4-5-6-7-8-9-10-11-12-13-14-17-30(34)32-27(25-33-20-15-16-21-33)31(35)26-18-19-28-29(24-26)37-23-22-36-28/h18-19,24,27,31,35H,2-17,20-23,25H2,1H3,(H,32,34)/t27-,31+/m1/s1. The number of nitrogens with one attached hydrogen (secondary N) is 1. The number of aliphatic hydroxyl groups excluding tert-OH is 1. The predicted molar refractivity (Wildman–Crippen MR) is 150 cm³/mol. The van der Waals surface area contributed by atoms with Crippen molar-refractivity contribution < 1.29 is 19.4 Å². The Labute approximate surface area is 225 Å². The van der Waals surface area contributed by atoms with E-state index in [9.17, 15) is 9.90 Å². The third-order valence-corrected chi connectivity index (χ3v) is 7.80. The average Bonchev–Trinajstić information content (AvgIpc) is 3.43. The third-order valence-electron chi connectivity index (χ3n) is 7.80. The van der Waals surface area contributed by atoms with E-state index in [1.165, 1.54) is 83.5 Å². The van der Waals surface area contributed by atoms with E-state index >= 15 is 0 Å². The van der Waals surface area contributed by atoms with Gasteiger partial charge in [0.2, 0.25) is 5.91 Å². The molecule has 0 radical (unpaired) electrons. The molecule has 0 unspecified atom stereocenters. The van der Waals surface area contributed by atoms with Gasteiger partial charge in [-0.05, 0) is 50.0 Å². The van der Waals surface area contributed by atoms with Gasteiger partial charge in [-0.1, -0.05) is 90.0 Å². The first kappa shape index (κ1) is 29.8. The first-order chi connectivity index (χ1) is 18.2. The van der Waals surface area contributed by atoms with Gasteiger partial charge in [0.15, 0.2) is 11.5 Å². The molecular formula is C31H52N2O4. The fourth-order valence-corrected chi connectivity index (χ4v) is 5.53. The zero-order chi connectivity index (χ0) is 26.1. The molecule has 2 aliphatic heterocycles. The lowest BCUT2D eigenvalue weighted by atomic mass is 10.0. The summed E-state index contributed by atoms with van der Waals surface area (Å²) < 4.78 is 11.3. The summed E-state index contributed by atoms with van der Waals surface area (Å²) in [6.07, 6.45) is 19.0. The number of carbonyl (C=O) groups excluding carboxylic acids is 1. The minimum Gasteiger partial charge on any atom is -0.486 e. The molecule has 2 heterocycles. The summed E-state index contributed by atoms with van der Waals surface area (Å²) >= 11 is 0. The van der Waals surface area contributed by atoms with Crippen LogP contribution < -0.4 is 14.8 Å². The van der Waals surface area contributed by atoms with Crippen molar-refractivity contribution in [1.29, 1.82) is 0 Å². The van der Waals surface area contributed by atoms with Crippen LogP contribution in [0.1, 0.15) is 121 Å². The maximum absolute atomic E-state index is 12.8. The zero-order valence-corrected chi connectivity index (χ0v) is 23.4. The Bertz CT molecular complexity index is 766. The summed E-state index contributed by atoms with van der Waals surface area (Å²) in [6, 6.07) is 5.26. The number of likely N-dealkylation sites (tertiary alicyclic amines) is 1. The van der Waals surface area contributed by atoms with Gasteiger partial charge in [0, 0.05) is 13.0 Å². The minimum atomic E-state index is -0.785. The molecule has 1 aromatic rings. The number of amides is 1. The quantitative estimate of drug-likeness (QED) is 0.204. The molecule has 2 atom stereocenters. The highest BCUT2D eigenvalue weighted by molar-refractivity contribution is 5.76. The number of carbonyl (C=O) groups is 1. The van der Waals surface area contributed by atoms with E-state index in [2.05, 4.69) is 17.1 Å².